The van der Waals surface area contributed by atoms with E-state index in [-0.39, 0.29) is 11.7 Å². The zero-order valence-electron chi connectivity index (χ0n) is 15.4. The maximum atomic E-state index is 12.4. The van der Waals surface area contributed by atoms with Crippen molar-refractivity contribution in [1.29, 1.82) is 0 Å². The lowest BCUT2D eigenvalue weighted by molar-refractivity contribution is 0.101. The predicted octanol–water partition coefficient (Wildman–Crippen LogP) is 4.84. The number of nitrogens with one attached hydrogen (secondary N) is 2. The lowest BCUT2D eigenvalue weighted by Crippen LogP contribution is -2.13. The van der Waals surface area contributed by atoms with Crippen LogP contribution in [0.4, 0.5) is 11.5 Å². The van der Waals surface area contributed by atoms with Gasteiger partial charge in [-0.1, -0.05) is 35.9 Å². The molecule has 0 bridgehead atoms. The Hall–Kier alpha value is -3.18. The molecule has 1 heterocycles. The van der Waals surface area contributed by atoms with Crippen LogP contribution in [0.25, 0.3) is 0 Å². The number of ketones is 1. The average molecular weight is 394 g/mol. The average Bonchev–Trinajstić information content (AvgIpc) is 2.70. The summed E-state index contributed by atoms with van der Waals surface area (Å²) in [6, 6.07) is 18.0. The highest BCUT2D eigenvalue weighted by atomic mass is 35.5. The number of hydrogen-bond acceptors (Lipinski definition) is 4. The quantitative estimate of drug-likeness (QED) is 0.563. The summed E-state index contributed by atoms with van der Waals surface area (Å²) in [5.41, 5.74) is 2.75. The molecule has 0 spiro atoms. The van der Waals surface area contributed by atoms with Gasteiger partial charge in [0.25, 0.3) is 5.91 Å². The molecule has 3 rings (SSSR count). The van der Waals surface area contributed by atoms with Crippen LogP contribution in [0.1, 0.15) is 33.2 Å². The number of carbonyl (C=O) groups excluding carboxylic acids is 2. The SMILES string of the molecule is CC(=O)c1cccc(NC(=O)c2ccc(NCCc3ccc(Cl)cc3)nc2)c1. The summed E-state index contributed by atoms with van der Waals surface area (Å²) in [5.74, 6) is 0.372. The summed E-state index contributed by atoms with van der Waals surface area (Å²) in [7, 11) is 0. The van der Waals surface area contributed by atoms with E-state index in [0.717, 1.165) is 18.0 Å². The first kappa shape index (κ1) is 19.6. The molecule has 0 atom stereocenters. The van der Waals surface area contributed by atoms with Crippen molar-refractivity contribution in [3.8, 4) is 0 Å². The Kier molecular flexibility index (Phi) is 6.40. The molecule has 0 radical (unpaired) electrons. The number of Topliss-reactive ketones (excluding diaryl/α,β-unsaturated/α-hetero) is 1. The molecule has 2 aromatic carbocycles. The van der Waals surface area contributed by atoms with E-state index in [2.05, 4.69) is 15.6 Å². The summed E-state index contributed by atoms with van der Waals surface area (Å²) in [6.45, 7) is 2.21. The predicted molar refractivity (Wildman–Crippen MR) is 112 cm³/mol. The largest absolute Gasteiger partial charge is 0.370 e. The van der Waals surface area contributed by atoms with Gasteiger partial charge in [-0.15, -0.1) is 0 Å². The van der Waals surface area contributed by atoms with E-state index in [1.165, 1.54) is 18.7 Å². The summed E-state index contributed by atoms with van der Waals surface area (Å²) in [6.07, 6.45) is 2.36. The Labute approximate surface area is 168 Å². The smallest absolute Gasteiger partial charge is 0.257 e. The number of halogens is 1. The third-order valence-corrected chi connectivity index (χ3v) is 4.44. The number of benzene rings is 2. The molecule has 0 aliphatic rings. The molecule has 1 amide bonds. The first-order valence-corrected chi connectivity index (χ1v) is 9.26. The highest BCUT2D eigenvalue weighted by Crippen LogP contribution is 2.14. The Balaban J connectivity index is 1.54. The third-order valence-electron chi connectivity index (χ3n) is 4.19. The van der Waals surface area contributed by atoms with Crippen molar-refractivity contribution >= 4 is 34.8 Å². The number of rotatable bonds is 7. The standard InChI is InChI=1S/C22H20ClN3O2/c1-15(27)17-3-2-4-20(13-17)26-22(28)18-7-10-21(25-14-18)24-12-11-16-5-8-19(23)9-6-16/h2-10,13-14H,11-12H2,1H3,(H,24,25)(H,26,28). The molecular weight excluding hydrogens is 374 g/mol. The molecule has 0 fully saturated rings. The zero-order chi connectivity index (χ0) is 19.9. The number of amides is 1. The summed E-state index contributed by atoms with van der Waals surface area (Å²) < 4.78 is 0. The number of anilines is 2. The third kappa shape index (κ3) is 5.41. The summed E-state index contributed by atoms with van der Waals surface area (Å²) in [4.78, 5) is 28.1. The molecule has 0 saturated heterocycles. The fourth-order valence-corrected chi connectivity index (χ4v) is 2.76. The molecule has 28 heavy (non-hydrogen) atoms. The number of nitrogens with zero attached hydrogens (tertiary/aromatic N) is 1. The van der Waals surface area contributed by atoms with Gasteiger partial charge in [-0.05, 0) is 55.3 Å². The molecule has 3 aromatic rings. The molecule has 0 aliphatic carbocycles. The topological polar surface area (TPSA) is 71.1 Å². The van der Waals surface area contributed by atoms with Crippen molar-refractivity contribution in [3.63, 3.8) is 0 Å². The van der Waals surface area contributed by atoms with Gasteiger partial charge in [-0.2, -0.15) is 0 Å². The van der Waals surface area contributed by atoms with Crippen molar-refractivity contribution in [2.75, 3.05) is 17.2 Å². The maximum Gasteiger partial charge on any atom is 0.257 e. The number of pyridine rings is 1. The molecule has 142 valence electrons. The van der Waals surface area contributed by atoms with E-state index in [0.29, 0.717) is 22.6 Å². The van der Waals surface area contributed by atoms with Crippen LogP contribution >= 0.6 is 11.6 Å². The highest BCUT2D eigenvalue weighted by molar-refractivity contribution is 6.30. The number of aromatic nitrogens is 1. The fourth-order valence-electron chi connectivity index (χ4n) is 2.64. The minimum atomic E-state index is -0.277. The van der Waals surface area contributed by atoms with E-state index in [1.807, 2.05) is 24.3 Å². The van der Waals surface area contributed by atoms with Crippen LogP contribution < -0.4 is 10.6 Å². The van der Waals surface area contributed by atoms with Crippen LogP contribution in [-0.4, -0.2) is 23.2 Å². The second-order valence-electron chi connectivity index (χ2n) is 6.33. The van der Waals surface area contributed by atoms with Crippen LogP contribution in [0.3, 0.4) is 0 Å². The molecular formula is C22H20ClN3O2. The highest BCUT2D eigenvalue weighted by Gasteiger charge is 2.08. The van der Waals surface area contributed by atoms with Crippen molar-refractivity contribution in [2.45, 2.75) is 13.3 Å². The summed E-state index contributed by atoms with van der Waals surface area (Å²) >= 11 is 5.88. The molecule has 0 aliphatic heterocycles. The van der Waals surface area contributed by atoms with E-state index in [1.54, 1.807) is 36.4 Å². The first-order chi connectivity index (χ1) is 13.5. The van der Waals surface area contributed by atoms with E-state index >= 15 is 0 Å². The zero-order valence-corrected chi connectivity index (χ0v) is 16.2. The number of carbonyl (C=O) groups is 2. The Morgan fingerprint density at radius 2 is 1.79 bits per heavy atom. The van der Waals surface area contributed by atoms with Crippen LogP contribution in [0.15, 0.2) is 66.9 Å². The van der Waals surface area contributed by atoms with Gasteiger partial charge < -0.3 is 10.6 Å². The van der Waals surface area contributed by atoms with E-state index < -0.39 is 0 Å². The molecule has 6 heteroatoms. The van der Waals surface area contributed by atoms with Crippen LogP contribution in [0.2, 0.25) is 5.02 Å². The van der Waals surface area contributed by atoms with Crippen LogP contribution in [0, 0.1) is 0 Å². The van der Waals surface area contributed by atoms with E-state index in [9.17, 15) is 9.59 Å². The molecule has 1 aromatic heterocycles. The van der Waals surface area contributed by atoms with Gasteiger partial charge in [0.2, 0.25) is 0 Å². The fraction of sp³-hybridized carbons (Fsp3) is 0.136. The first-order valence-electron chi connectivity index (χ1n) is 8.88. The van der Waals surface area contributed by atoms with Gasteiger partial charge in [0, 0.05) is 29.0 Å². The van der Waals surface area contributed by atoms with Gasteiger partial charge in [-0.3, -0.25) is 9.59 Å². The van der Waals surface area contributed by atoms with Crippen molar-refractivity contribution in [2.24, 2.45) is 0 Å². The van der Waals surface area contributed by atoms with Crippen LogP contribution in [0.5, 0.6) is 0 Å². The lowest BCUT2D eigenvalue weighted by Gasteiger charge is -2.08. The monoisotopic (exact) mass is 393 g/mol. The van der Waals surface area contributed by atoms with Gasteiger partial charge in [0.15, 0.2) is 5.78 Å². The van der Waals surface area contributed by atoms with Gasteiger partial charge >= 0.3 is 0 Å². The number of hydrogen-bond donors (Lipinski definition) is 2. The molecule has 0 unspecified atom stereocenters. The molecule has 5 nitrogen and oxygen atoms in total. The molecule has 0 saturated carbocycles. The van der Waals surface area contributed by atoms with Gasteiger partial charge in [0.1, 0.15) is 5.82 Å². The normalized spacial score (nSPS) is 10.4. The Bertz CT molecular complexity index is 970. The van der Waals surface area contributed by atoms with Crippen LogP contribution in [-0.2, 0) is 6.42 Å². The second kappa shape index (κ2) is 9.15. The Morgan fingerprint density at radius 3 is 2.46 bits per heavy atom. The van der Waals surface area contributed by atoms with Crippen molar-refractivity contribution < 1.29 is 9.59 Å². The lowest BCUT2D eigenvalue weighted by atomic mass is 10.1. The minimum absolute atomic E-state index is 0.0493. The van der Waals surface area contributed by atoms with Gasteiger partial charge in [0.05, 0.1) is 5.56 Å². The second-order valence-corrected chi connectivity index (χ2v) is 6.76. The molecule has 2 N–H and O–H groups in total. The van der Waals surface area contributed by atoms with Gasteiger partial charge in [-0.25, -0.2) is 4.98 Å². The maximum absolute atomic E-state index is 12.4. The summed E-state index contributed by atoms with van der Waals surface area (Å²) in [5, 5.41) is 6.73. The van der Waals surface area contributed by atoms with Crippen molar-refractivity contribution in [1.82, 2.24) is 4.98 Å². The van der Waals surface area contributed by atoms with Crippen molar-refractivity contribution in [3.05, 3.63) is 88.6 Å². The minimum Gasteiger partial charge on any atom is -0.370 e. The van der Waals surface area contributed by atoms with E-state index in [4.69, 9.17) is 11.6 Å². The Morgan fingerprint density at radius 1 is 1.00 bits per heavy atom.